The third-order valence-corrected chi connectivity index (χ3v) is 5.68. The zero-order valence-corrected chi connectivity index (χ0v) is 16.7. The van der Waals surface area contributed by atoms with E-state index in [-0.39, 0.29) is 5.92 Å². The standard InChI is InChI=1S/C21H25N7/c1-14(2)17-11-16(13-22)12-19-20(17)15(3)5-6-18(21-23-24-25-28(19)21)27-9-7-26(4)8-10-27/h6,11-12,15H,1,5,7-10H2,2-4H3. The molecule has 1 fully saturated rings. The fourth-order valence-corrected chi connectivity index (χ4v) is 4.07. The first-order valence-electron chi connectivity index (χ1n) is 9.66. The minimum atomic E-state index is 0.259. The van der Waals surface area contributed by atoms with E-state index < -0.39 is 0 Å². The molecule has 2 aliphatic heterocycles. The van der Waals surface area contributed by atoms with Gasteiger partial charge >= 0.3 is 0 Å². The summed E-state index contributed by atoms with van der Waals surface area (Å²) in [6.07, 6.45) is 3.15. The highest BCUT2D eigenvalue weighted by atomic mass is 15.6. The van der Waals surface area contributed by atoms with Gasteiger partial charge in [0, 0.05) is 26.2 Å². The van der Waals surface area contributed by atoms with Crippen molar-refractivity contribution in [3.8, 4) is 11.8 Å². The van der Waals surface area contributed by atoms with E-state index in [1.807, 2.05) is 19.1 Å². The lowest BCUT2D eigenvalue weighted by molar-refractivity contribution is 0.206. The summed E-state index contributed by atoms with van der Waals surface area (Å²) < 4.78 is 1.79. The molecule has 2 aliphatic rings. The van der Waals surface area contributed by atoms with Crippen LogP contribution in [-0.2, 0) is 0 Å². The lowest BCUT2D eigenvalue weighted by Gasteiger charge is -2.36. The smallest absolute Gasteiger partial charge is 0.202 e. The summed E-state index contributed by atoms with van der Waals surface area (Å²) in [5.41, 5.74) is 5.65. The molecule has 0 radical (unpaired) electrons. The molecular formula is C21H25N7. The van der Waals surface area contributed by atoms with Gasteiger partial charge in [0.2, 0.25) is 5.82 Å². The molecule has 7 nitrogen and oxygen atoms in total. The topological polar surface area (TPSA) is 73.9 Å². The molecule has 0 spiro atoms. The Labute approximate surface area is 165 Å². The van der Waals surface area contributed by atoms with Gasteiger partial charge in [0.05, 0.1) is 23.0 Å². The summed E-state index contributed by atoms with van der Waals surface area (Å²) in [6.45, 7) is 12.3. The zero-order chi connectivity index (χ0) is 19.8. The number of allylic oxidation sites excluding steroid dienone is 2. The minimum Gasteiger partial charge on any atom is -0.366 e. The number of benzene rings is 1. The Bertz CT molecular complexity index is 987. The van der Waals surface area contributed by atoms with Crippen LogP contribution >= 0.6 is 0 Å². The van der Waals surface area contributed by atoms with E-state index in [4.69, 9.17) is 0 Å². The van der Waals surface area contributed by atoms with Gasteiger partial charge in [0.1, 0.15) is 0 Å². The molecule has 28 heavy (non-hydrogen) atoms. The second-order valence-electron chi connectivity index (χ2n) is 7.78. The molecule has 7 heteroatoms. The van der Waals surface area contributed by atoms with Crippen LogP contribution in [0, 0.1) is 11.3 Å². The van der Waals surface area contributed by atoms with Gasteiger partial charge in [-0.05, 0) is 60.0 Å². The maximum Gasteiger partial charge on any atom is 0.202 e. The van der Waals surface area contributed by atoms with E-state index in [2.05, 4.69) is 58.0 Å². The van der Waals surface area contributed by atoms with Gasteiger partial charge in [-0.15, -0.1) is 5.10 Å². The van der Waals surface area contributed by atoms with E-state index >= 15 is 0 Å². The summed E-state index contributed by atoms with van der Waals surface area (Å²) in [4.78, 5) is 4.70. The molecule has 1 unspecified atom stereocenters. The van der Waals surface area contributed by atoms with Gasteiger partial charge in [-0.25, -0.2) is 0 Å². The van der Waals surface area contributed by atoms with Crippen molar-refractivity contribution in [2.75, 3.05) is 33.2 Å². The molecular weight excluding hydrogens is 350 g/mol. The Morgan fingerprint density at radius 3 is 2.68 bits per heavy atom. The minimum absolute atomic E-state index is 0.259. The zero-order valence-electron chi connectivity index (χ0n) is 16.7. The molecule has 1 saturated heterocycles. The van der Waals surface area contributed by atoms with Crippen LogP contribution < -0.4 is 0 Å². The van der Waals surface area contributed by atoms with Crippen molar-refractivity contribution in [1.82, 2.24) is 30.0 Å². The number of nitrogens with zero attached hydrogens (tertiary/aromatic N) is 7. The van der Waals surface area contributed by atoms with Crippen molar-refractivity contribution in [2.45, 2.75) is 26.2 Å². The Morgan fingerprint density at radius 1 is 1.25 bits per heavy atom. The molecule has 144 valence electrons. The molecule has 0 aliphatic carbocycles. The predicted molar refractivity (Wildman–Crippen MR) is 109 cm³/mol. The SMILES string of the molecule is C=C(C)c1cc(C#N)cc2c1C(C)CC=C(N1CCN(C)CC1)c1nnnn1-2. The highest BCUT2D eigenvalue weighted by Gasteiger charge is 2.28. The van der Waals surface area contributed by atoms with Gasteiger partial charge in [-0.3, -0.25) is 0 Å². The molecule has 4 rings (SSSR count). The molecule has 2 aromatic rings. The lowest BCUT2D eigenvalue weighted by Crippen LogP contribution is -2.43. The average Bonchev–Trinajstić information content (AvgIpc) is 3.16. The molecule has 0 bridgehead atoms. The van der Waals surface area contributed by atoms with Crippen LogP contribution in [-0.4, -0.2) is 63.2 Å². The van der Waals surface area contributed by atoms with E-state index in [9.17, 15) is 5.26 Å². The third-order valence-electron chi connectivity index (χ3n) is 5.68. The number of tetrazole rings is 1. The summed E-state index contributed by atoms with van der Waals surface area (Å²) >= 11 is 0. The van der Waals surface area contributed by atoms with Gasteiger partial charge in [-0.1, -0.05) is 25.2 Å². The number of rotatable bonds is 2. The largest absolute Gasteiger partial charge is 0.366 e. The fourth-order valence-electron chi connectivity index (χ4n) is 4.07. The fraction of sp³-hybridized carbons (Fsp3) is 0.429. The number of fused-ring (bicyclic) bond motifs is 3. The van der Waals surface area contributed by atoms with Crippen molar-refractivity contribution in [3.63, 3.8) is 0 Å². The highest BCUT2D eigenvalue weighted by molar-refractivity contribution is 5.73. The molecule has 0 amide bonds. The first-order valence-corrected chi connectivity index (χ1v) is 9.66. The maximum atomic E-state index is 9.55. The molecule has 1 aromatic heterocycles. The molecule has 3 heterocycles. The van der Waals surface area contributed by atoms with Crippen LogP contribution in [0.5, 0.6) is 0 Å². The number of likely N-dealkylation sites (N-methyl/N-ethyl adjacent to an activating group) is 1. The average molecular weight is 375 g/mol. The van der Waals surface area contributed by atoms with Crippen molar-refractivity contribution < 1.29 is 0 Å². The molecule has 1 atom stereocenters. The number of piperazine rings is 1. The second kappa shape index (κ2) is 7.21. The number of hydrogen-bond donors (Lipinski definition) is 0. The van der Waals surface area contributed by atoms with Crippen LogP contribution in [0.25, 0.3) is 17.0 Å². The van der Waals surface area contributed by atoms with E-state index in [0.29, 0.717) is 5.56 Å². The highest BCUT2D eigenvalue weighted by Crippen LogP contribution is 2.37. The van der Waals surface area contributed by atoms with Crippen LogP contribution in [0.3, 0.4) is 0 Å². The maximum absolute atomic E-state index is 9.55. The first kappa shape index (κ1) is 18.4. The predicted octanol–water partition coefficient (Wildman–Crippen LogP) is 2.66. The monoisotopic (exact) mass is 375 g/mol. The normalized spacial score (nSPS) is 19.7. The second-order valence-corrected chi connectivity index (χ2v) is 7.78. The molecule has 0 N–H and O–H groups in total. The van der Waals surface area contributed by atoms with Crippen molar-refractivity contribution in [2.24, 2.45) is 0 Å². The van der Waals surface area contributed by atoms with Crippen LogP contribution in [0.2, 0.25) is 0 Å². The Balaban J connectivity index is 1.89. The van der Waals surface area contributed by atoms with E-state index in [0.717, 1.165) is 66.5 Å². The van der Waals surface area contributed by atoms with E-state index in [1.54, 1.807) is 4.68 Å². The quantitative estimate of drug-likeness (QED) is 0.803. The first-order chi connectivity index (χ1) is 13.5. The molecule has 1 aromatic carbocycles. The summed E-state index contributed by atoms with van der Waals surface area (Å²) in [5.74, 6) is 0.995. The molecule has 0 saturated carbocycles. The van der Waals surface area contributed by atoms with Crippen molar-refractivity contribution >= 4 is 11.3 Å². The number of aromatic nitrogens is 4. The number of hydrogen-bond acceptors (Lipinski definition) is 6. The third kappa shape index (κ3) is 3.10. The van der Waals surface area contributed by atoms with Crippen LogP contribution in [0.15, 0.2) is 24.8 Å². The van der Waals surface area contributed by atoms with Crippen LogP contribution in [0.4, 0.5) is 0 Å². The Hall–Kier alpha value is -2.98. The van der Waals surface area contributed by atoms with Crippen LogP contribution in [0.1, 0.15) is 48.7 Å². The summed E-state index contributed by atoms with van der Waals surface area (Å²) in [6, 6.07) is 6.09. The lowest BCUT2D eigenvalue weighted by atomic mass is 9.86. The van der Waals surface area contributed by atoms with Crippen molar-refractivity contribution in [1.29, 1.82) is 5.26 Å². The Kier molecular flexibility index (Phi) is 4.73. The van der Waals surface area contributed by atoms with Crippen molar-refractivity contribution in [3.05, 3.63) is 47.3 Å². The van der Waals surface area contributed by atoms with Gasteiger partial charge in [0.15, 0.2) is 0 Å². The summed E-state index contributed by atoms with van der Waals surface area (Å²) in [7, 11) is 2.15. The summed E-state index contributed by atoms with van der Waals surface area (Å²) in [5, 5.41) is 22.2. The Morgan fingerprint density at radius 2 is 2.00 bits per heavy atom. The van der Waals surface area contributed by atoms with Gasteiger partial charge in [0.25, 0.3) is 0 Å². The number of nitriles is 1. The van der Waals surface area contributed by atoms with E-state index in [1.165, 1.54) is 0 Å². The van der Waals surface area contributed by atoms with Gasteiger partial charge < -0.3 is 9.80 Å². The van der Waals surface area contributed by atoms with Gasteiger partial charge in [-0.2, -0.15) is 9.94 Å².